The number of hydrogen-bond acceptors (Lipinski definition) is 4. The van der Waals surface area contributed by atoms with Gasteiger partial charge in [-0.15, -0.1) is 0 Å². The lowest BCUT2D eigenvalue weighted by Gasteiger charge is -2.29. The molecular formula is C22H27NO3. The van der Waals surface area contributed by atoms with E-state index in [1.165, 1.54) is 11.1 Å². The standard InChI is InChI=1S/C22H27NO3/c1-22(2,3)26-21(24)15-23-12-11-18-13-20(10-9-19(18)14-23)25-16-17-7-5-4-6-8-17/h4-10,13H,11-12,14-16H2,1-3H3. The molecule has 0 unspecified atom stereocenters. The van der Waals surface area contributed by atoms with Gasteiger partial charge in [-0.3, -0.25) is 9.69 Å². The average molecular weight is 353 g/mol. The monoisotopic (exact) mass is 353 g/mol. The molecule has 138 valence electrons. The van der Waals surface area contributed by atoms with Crippen LogP contribution in [0.15, 0.2) is 48.5 Å². The number of hydrogen-bond donors (Lipinski definition) is 0. The Kier molecular flexibility index (Phi) is 5.62. The predicted octanol–water partition coefficient (Wildman–Crippen LogP) is 3.97. The van der Waals surface area contributed by atoms with Crippen molar-refractivity contribution in [2.75, 3.05) is 13.1 Å². The van der Waals surface area contributed by atoms with Gasteiger partial charge >= 0.3 is 5.97 Å². The second-order valence-corrected chi connectivity index (χ2v) is 7.75. The molecule has 1 aliphatic rings. The van der Waals surface area contributed by atoms with Crippen LogP contribution in [0.1, 0.15) is 37.5 Å². The first kappa shape index (κ1) is 18.5. The minimum absolute atomic E-state index is 0.163. The topological polar surface area (TPSA) is 38.8 Å². The van der Waals surface area contributed by atoms with Crippen molar-refractivity contribution in [3.63, 3.8) is 0 Å². The molecule has 26 heavy (non-hydrogen) atoms. The van der Waals surface area contributed by atoms with Crippen molar-refractivity contribution in [1.29, 1.82) is 0 Å². The van der Waals surface area contributed by atoms with Crippen molar-refractivity contribution in [2.45, 2.75) is 45.9 Å². The highest BCUT2D eigenvalue weighted by atomic mass is 16.6. The maximum Gasteiger partial charge on any atom is 0.320 e. The fourth-order valence-electron chi connectivity index (χ4n) is 3.11. The Morgan fingerprint density at radius 3 is 2.58 bits per heavy atom. The van der Waals surface area contributed by atoms with Gasteiger partial charge in [0.2, 0.25) is 0 Å². The van der Waals surface area contributed by atoms with Gasteiger partial charge in [0.25, 0.3) is 0 Å². The predicted molar refractivity (Wildman–Crippen MR) is 102 cm³/mol. The minimum Gasteiger partial charge on any atom is -0.489 e. The van der Waals surface area contributed by atoms with Gasteiger partial charge < -0.3 is 9.47 Å². The fourth-order valence-corrected chi connectivity index (χ4v) is 3.11. The molecule has 0 spiro atoms. The van der Waals surface area contributed by atoms with Crippen molar-refractivity contribution in [2.24, 2.45) is 0 Å². The Bertz CT molecular complexity index is 750. The molecule has 0 bridgehead atoms. The Hall–Kier alpha value is -2.33. The van der Waals surface area contributed by atoms with E-state index in [1.54, 1.807) is 0 Å². The van der Waals surface area contributed by atoms with Crippen LogP contribution < -0.4 is 4.74 Å². The van der Waals surface area contributed by atoms with Gasteiger partial charge in [0, 0.05) is 13.1 Å². The SMILES string of the molecule is CC(C)(C)OC(=O)CN1CCc2cc(OCc3ccccc3)ccc2C1. The third-order valence-electron chi connectivity index (χ3n) is 4.29. The van der Waals surface area contributed by atoms with E-state index in [0.29, 0.717) is 13.2 Å². The van der Waals surface area contributed by atoms with Crippen LogP contribution in [-0.2, 0) is 29.1 Å². The number of esters is 1. The zero-order chi connectivity index (χ0) is 18.6. The number of benzene rings is 2. The van der Waals surface area contributed by atoms with E-state index < -0.39 is 5.60 Å². The Balaban J connectivity index is 1.56. The van der Waals surface area contributed by atoms with Crippen LogP contribution in [0, 0.1) is 0 Å². The van der Waals surface area contributed by atoms with Crippen LogP contribution in [0.5, 0.6) is 5.75 Å². The molecular weight excluding hydrogens is 326 g/mol. The van der Waals surface area contributed by atoms with Crippen LogP contribution in [0.25, 0.3) is 0 Å². The minimum atomic E-state index is -0.435. The van der Waals surface area contributed by atoms with Gasteiger partial charge in [-0.25, -0.2) is 0 Å². The molecule has 0 N–H and O–H groups in total. The quantitative estimate of drug-likeness (QED) is 0.763. The van der Waals surface area contributed by atoms with Gasteiger partial charge in [0.05, 0.1) is 6.54 Å². The Morgan fingerprint density at radius 2 is 1.85 bits per heavy atom. The number of ether oxygens (including phenoxy) is 2. The highest BCUT2D eigenvalue weighted by Crippen LogP contribution is 2.24. The van der Waals surface area contributed by atoms with Crippen LogP contribution >= 0.6 is 0 Å². The van der Waals surface area contributed by atoms with E-state index in [2.05, 4.69) is 29.2 Å². The maximum atomic E-state index is 12.0. The maximum absolute atomic E-state index is 12.0. The van der Waals surface area contributed by atoms with Crippen molar-refractivity contribution in [3.8, 4) is 5.75 Å². The molecule has 2 aromatic carbocycles. The first-order chi connectivity index (χ1) is 12.4. The van der Waals surface area contributed by atoms with Crippen molar-refractivity contribution >= 4 is 5.97 Å². The fraction of sp³-hybridized carbons (Fsp3) is 0.409. The van der Waals surface area contributed by atoms with Crippen LogP contribution in [0.2, 0.25) is 0 Å². The second kappa shape index (κ2) is 7.92. The lowest BCUT2D eigenvalue weighted by atomic mass is 9.99. The van der Waals surface area contributed by atoms with Crippen LogP contribution in [0.4, 0.5) is 0 Å². The van der Waals surface area contributed by atoms with E-state index in [0.717, 1.165) is 30.8 Å². The Labute approximate surface area is 155 Å². The highest BCUT2D eigenvalue weighted by molar-refractivity contribution is 5.72. The van der Waals surface area contributed by atoms with Gasteiger partial charge in [0.1, 0.15) is 18.0 Å². The zero-order valence-corrected chi connectivity index (χ0v) is 15.8. The molecule has 0 radical (unpaired) electrons. The molecule has 0 amide bonds. The van der Waals surface area contributed by atoms with E-state index in [4.69, 9.17) is 9.47 Å². The smallest absolute Gasteiger partial charge is 0.320 e. The number of carbonyl (C=O) groups excluding carboxylic acids is 1. The number of nitrogens with zero attached hydrogens (tertiary/aromatic N) is 1. The molecule has 1 heterocycles. The van der Waals surface area contributed by atoms with Gasteiger partial charge in [-0.2, -0.15) is 0 Å². The molecule has 0 fully saturated rings. The molecule has 0 atom stereocenters. The molecule has 0 saturated heterocycles. The lowest BCUT2D eigenvalue weighted by molar-refractivity contribution is -0.156. The summed E-state index contributed by atoms with van der Waals surface area (Å²) in [6.07, 6.45) is 0.917. The summed E-state index contributed by atoms with van der Waals surface area (Å²) in [5.74, 6) is 0.733. The van der Waals surface area contributed by atoms with Gasteiger partial charge in [-0.1, -0.05) is 36.4 Å². The number of carbonyl (C=O) groups is 1. The summed E-state index contributed by atoms with van der Waals surface area (Å²) in [5, 5.41) is 0. The molecule has 0 saturated carbocycles. The molecule has 0 aromatic heterocycles. The summed E-state index contributed by atoms with van der Waals surface area (Å²) in [5.41, 5.74) is 3.28. The van der Waals surface area contributed by atoms with Crippen molar-refractivity contribution < 1.29 is 14.3 Å². The molecule has 0 aliphatic carbocycles. The summed E-state index contributed by atoms with van der Waals surface area (Å²) in [6, 6.07) is 16.4. The van der Waals surface area contributed by atoms with Gasteiger partial charge in [0.15, 0.2) is 0 Å². The normalized spacial score (nSPS) is 14.6. The van der Waals surface area contributed by atoms with Crippen molar-refractivity contribution in [1.82, 2.24) is 4.90 Å². The lowest BCUT2D eigenvalue weighted by Crippen LogP contribution is -2.37. The summed E-state index contributed by atoms with van der Waals surface area (Å²) >= 11 is 0. The summed E-state index contributed by atoms with van der Waals surface area (Å²) in [4.78, 5) is 14.2. The number of rotatable bonds is 5. The summed E-state index contributed by atoms with van der Waals surface area (Å²) in [7, 11) is 0. The molecule has 4 nitrogen and oxygen atoms in total. The summed E-state index contributed by atoms with van der Waals surface area (Å²) in [6.45, 7) is 8.23. The number of fused-ring (bicyclic) bond motifs is 1. The molecule has 3 rings (SSSR count). The second-order valence-electron chi connectivity index (χ2n) is 7.75. The van der Waals surface area contributed by atoms with E-state index in [9.17, 15) is 4.79 Å². The Morgan fingerprint density at radius 1 is 1.08 bits per heavy atom. The van der Waals surface area contributed by atoms with E-state index in [1.807, 2.05) is 45.0 Å². The first-order valence-corrected chi connectivity index (χ1v) is 9.12. The zero-order valence-electron chi connectivity index (χ0n) is 15.8. The van der Waals surface area contributed by atoms with E-state index >= 15 is 0 Å². The largest absolute Gasteiger partial charge is 0.489 e. The van der Waals surface area contributed by atoms with Crippen LogP contribution in [-0.4, -0.2) is 29.6 Å². The molecule has 2 aromatic rings. The third-order valence-corrected chi connectivity index (χ3v) is 4.29. The van der Waals surface area contributed by atoms with E-state index in [-0.39, 0.29) is 5.97 Å². The van der Waals surface area contributed by atoms with Crippen molar-refractivity contribution in [3.05, 3.63) is 65.2 Å². The highest BCUT2D eigenvalue weighted by Gasteiger charge is 2.22. The third kappa shape index (κ3) is 5.33. The summed E-state index contributed by atoms with van der Waals surface area (Å²) < 4.78 is 11.3. The van der Waals surface area contributed by atoms with Gasteiger partial charge in [-0.05, 0) is 56.0 Å². The molecule has 4 heteroatoms. The van der Waals surface area contributed by atoms with Crippen LogP contribution in [0.3, 0.4) is 0 Å². The molecule has 1 aliphatic heterocycles. The average Bonchev–Trinajstić information content (AvgIpc) is 2.59. The first-order valence-electron chi connectivity index (χ1n) is 9.12.